The summed E-state index contributed by atoms with van der Waals surface area (Å²) in [5.74, 6) is 0. The van der Waals surface area contributed by atoms with Gasteiger partial charge in [0.15, 0.2) is 0 Å². The molecule has 0 unspecified atom stereocenters. The van der Waals surface area contributed by atoms with Crippen LogP contribution in [-0.2, 0) is 4.65 Å². The van der Waals surface area contributed by atoms with E-state index in [4.69, 9.17) is 0 Å². The summed E-state index contributed by atoms with van der Waals surface area (Å²) in [4.78, 5) is 0. The van der Waals surface area contributed by atoms with Crippen LogP contribution in [0.4, 0.5) is 0 Å². The third kappa shape index (κ3) is 9.37. The predicted molar refractivity (Wildman–Crippen MR) is 36.3 cm³/mol. The fourth-order valence-corrected chi connectivity index (χ4v) is 0.331. The number of hydrogen-bond acceptors (Lipinski definition) is 1. The van der Waals surface area contributed by atoms with Gasteiger partial charge in [0, 0.05) is 7.11 Å². The standard InChI is InChI=1S/C4H12BNO.CH3/c1-3-4-6-5-7-2;/h3-4,6H2,1-2H3;1H3/q+1;-1. The Hall–Kier alpha value is -0.0151. The third-order valence-corrected chi connectivity index (χ3v) is 0.688. The van der Waals surface area contributed by atoms with E-state index in [1.54, 1.807) is 14.7 Å². The summed E-state index contributed by atoms with van der Waals surface area (Å²) in [5.41, 5.74) is 0. The number of rotatable bonds is 4. The van der Waals surface area contributed by atoms with E-state index < -0.39 is 0 Å². The maximum absolute atomic E-state index is 4.66. The van der Waals surface area contributed by atoms with Gasteiger partial charge in [0.2, 0.25) is 0 Å². The molecule has 0 rings (SSSR count). The van der Waals surface area contributed by atoms with Crippen molar-refractivity contribution in [3.8, 4) is 0 Å². The van der Waals surface area contributed by atoms with Gasteiger partial charge in [-0.05, 0) is 6.42 Å². The normalized spacial score (nSPS) is 7.75. The lowest BCUT2D eigenvalue weighted by Crippen LogP contribution is -2.87. The molecule has 0 saturated heterocycles. The van der Waals surface area contributed by atoms with E-state index in [9.17, 15) is 0 Å². The predicted octanol–water partition coefficient (Wildman–Crippen LogP) is -0.409. The minimum atomic E-state index is 0. The Labute approximate surface area is 52.9 Å². The Morgan fingerprint density at radius 2 is 2.25 bits per heavy atom. The van der Waals surface area contributed by atoms with Crippen LogP contribution in [-0.4, -0.2) is 21.3 Å². The van der Waals surface area contributed by atoms with Crippen LogP contribution in [0.3, 0.4) is 0 Å². The van der Waals surface area contributed by atoms with Crippen LogP contribution in [0.2, 0.25) is 0 Å². The minimum Gasteiger partial charge on any atom is -0.388 e. The summed E-state index contributed by atoms with van der Waals surface area (Å²) in [6.07, 6.45) is 1.19. The smallest absolute Gasteiger partial charge is 0.388 e. The molecule has 0 aromatic rings. The molecule has 0 aromatic carbocycles. The van der Waals surface area contributed by atoms with Crippen molar-refractivity contribution in [1.29, 1.82) is 0 Å². The average Bonchev–Trinajstić information content (AvgIpc) is 1.69. The van der Waals surface area contributed by atoms with Gasteiger partial charge in [-0.2, -0.15) is 0 Å². The van der Waals surface area contributed by atoms with E-state index in [0.717, 1.165) is 6.54 Å². The minimum absolute atomic E-state index is 0. The first-order valence-electron chi connectivity index (χ1n) is 2.59. The molecular formula is C5H15BNO. The number of quaternary nitrogens is 1. The number of hydrogen-bond donors (Lipinski definition) is 1. The molecular weight excluding hydrogens is 101 g/mol. The van der Waals surface area contributed by atoms with Crippen molar-refractivity contribution in [3.63, 3.8) is 0 Å². The molecule has 2 nitrogen and oxygen atoms in total. The van der Waals surface area contributed by atoms with E-state index in [-0.39, 0.29) is 7.43 Å². The first kappa shape index (κ1) is 10.9. The zero-order valence-corrected chi connectivity index (χ0v) is 5.98. The molecule has 0 aromatic heterocycles. The molecule has 49 valence electrons. The lowest BCUT2D eigenvalue weighted by Gasteiger charge is -1.89. The van der Waals surface area contributed by atoms with Gasteiger partial charge in [0.1, 0.15) is 0 Å². The Balaban J connectivity index is 0. The van der Waals surface area contributed by atoms with Crippen LogP contribution in [0.1, 0.15) is 13.3 Å². The van der Waals surface area contributed by atoms with Crippen LogP contribution in [0.25, 0.3) is 0 Å². The van der Waals surface area contributed by atoms with Crippen molar-refractivity contribution in [2.75, 3.05) is 13.7 Å². The average molecular weight is 116 g/mol. The monoisotopic (exact) mass is 116 g/mol. The molecule has 0 fully saturated rings. The van der Waals surface area contributed by atoms with Crippen molar-refractivity contribution >= 4 is 7.62 Å². The van der Waals surface area contributed by atoms with Crippen LogP contribution in [0.5, 0.6) is 0 Å². The van der Waals surface area contributed by atoms with E-state index in [2.05, 4.69) is 11.6 Å². The highest BCUT2D eigenvalue weighted by molar-refractivity contribution is 6.14. The Morgan fingerprint density at radius 3 is 2.62 bits per heavy atom. The molecule has 0 atom stereocenters. The first-order valence-corrected chi connectivity index (χ1v) is 2.59. The van der Waals surface area contributed by atoms with Crippen LogP contribution in [0.15, 0.2) is 0 Å². The van der Waals surface area contributed by atoms with Gasteiger partial charge in [-0.25, -0.2) is 0 Å². The highest BCUT2D eigenvalue weighted by Crippen LogP contribution is 1.57. The second kappa shape index (κ2) is 10.1. The molecule has 0 heterocycles. The summed E-state index contributed by atoms with van der Waals surface area (Å²) in [6, 6.07) is 0. The molecule has 3 heteroatoms. The van der Waals surface area contributed by atoms with Gasteiger partial charge in [-0.15, -0.1) is 0 Å². The zero-order valence-electron chi connectivity index (χ0n) is 5.98. The van der Waals surface area contributed by atoms with Gasteiger partial charge >= 0.3 is 7.62 Å². The molecule has 1 radical (unpaired) electrons. The topological polar surface area (TPSA) is 25.8 Å². The van der Waals surface area contributed by atoms with Crippen molar-refractivity contribution in [2.45, 2.75) is 13.3 Å². The summed E-state index contributed by atoms with van der Waals surface area (Å²) >= 11 is 0. The largest absolute Gasteiger partial charge is 0.646 e. The lowest BCUT2D eigenvalue weighted by molar-refractivity contribution is -0.525. The maximum Gasteiger partial charge on any atom is 0.646 e. The van der Waals surface area contributed by atoms with Gasteiger partial charge in [-0.3, -0.25) is 0 Å². The Bertz CT molecular complexity index is 31.6. The molecule has 8 heavy (non-hydrogen) atoms. The van der Waals surface area contributed by atoms with E-state index in [1.807, 2.05) is 5.23 Å². The third-order valence-electron chi connectivity index (χ3n) is 0.688. The fraction of sp³-hybridized carbons (Fsp3) is 0.800. The Morgan fingerprint density at radius 1 is 1.62 bits per heavy atom. The summed E-state index contributed by atoms with van der Waals surface area (Å²) in [6.45, 7) is 3.26. The highest BCUT2D eigenvalue weighted by atomic mass is 16.4. The summed E-state index contributed by atoms with van der Waals surface area (Å²) < 4.78 is 4.66. The van der Waals surface area contributed by atoms with E-state index >= 15 is 0 Å². The summed E-state index contributed by atoms with van der Waals surface area (Å²) in [5, 5.41) is 2.01. The highest BCUT2D eigenvalue weighted by Gasteiger charge is 1.92. The lowest BCUT2D eigenvalue weighted by atomic mass is 10.2. The molecule has 0 aliphatic carbocycles. The van der Waals surface area contributed by atoms with E-state index in [1.165, 1.54) is 6.42 Å². The molecule has 0 amide bonds. The molecule has 0 aliphatic rings. The molecule has 0 spiro atoms. The zero-order chi connectivity index (χ0) is 5.54. The van der Waals surface area contributed by atoms with Crippen molar-refractivity contribution in [2.24, 2.45) is 0 Å². The summed E-state index contributed by atoms with van der Waals surface area (Å²) in [7, 11) is 3.37. The Kier molecular flexibility index (Phi) is 13.7. The fourth-order valence-electron chi connectivity index (χ4n) is 0.331. The first-order chi connectivity index (χ1) is 3.41. The van der Waals surface area contributed by atoms with Crippen LogP contribution < -0.4 is 5.23 Å². The van der Waals surface area contributed by atoms with Crippen LogP contribution >= 0.6 is 0 Å². The van der Waals surface area contributed by atoms with Crippen molar-refractivity contribution in [3.05, 3.63) is 7.43 Å². The number of nitrogens with two attached hydrogens (primary N) is 1. The molecule has 0 saturated carbocycles. The van der Waals surface area contributed by atoms with Gasteiger partial charge in [0.25, 0.3) is 0 Å². The second-order valence-electron chi connectivity index (χ2n) is 1.40. The second-order valence-corrected chi connectivity index (χ2v) is 1.40. The van der Waals surface area contributed by atoms with Gasteiger partial charge in [0.05, 0.1) is 6.54 Å². The SMILES string of the molecule is CCC[NH2+][B]OC.[CH3-]. The van der Waals surface area contributed by atoms with E-state index in [0.29, 0.717) is 0 Å². The van der Waals surface area contributed by atoms with Crippen LogP contribution in [0, 0.1) is 7.43 Å². The molecule has 0 aliphatic heterocycles. The van der Waals surface area contributed by atoms with Crippen molar-refractivity contribution in [1.82, 2.24) is 0 Å². The van der Waals surface area contributed by atoms with Gasteiger partial charge < -0.3 is 17.3 Å². The van der Waals surface area contributed by atoms with Gasteiger partial charge in [-0.1, -0.05) is 6.92 Å². The molecule has 2 N–H and O–H groups in total. The maximum atomic E-state index is 4.66. The quantitative estimate of drug-likeness (QED) is 0.301. The molecule has 0 bridgehead atoms. The van der Waals surface area contributed by atoms with Crippen molar-refractivity contribution < 1.29 is 9.88 Å².